The number of carbonyl (C=O) groups excluding carboxylic acids is 1. The fraction of sp³-hybridized carbons (Fsp3) is 0.350. The molecule has 0 N–H and O–H groups in total. The molecule has 1 heterocycles. The van der Waals surface area contributed by atoms with Crippen molar-refractivity contribution in [3.63, 3.8) is 0 Å². The lowest BCUT2D eigenvalue weighted by Gasteiger charge is -2.33. The number of hydrogen-bond donors (Lipinski definition) is 0. The van der Waals surface area contributed by atoms with E-state index in [1.165, 1.54) is 0 Å². The van der Waals surface area contributed by atoms with Crippen LogP contribution in [0.15, 0.2) is 42.5 Å². The summed E-state index contributed by atoms with van der Waals surface area (Å²) in [4.78, 5) is 14.5. The molecular weight excluding hydrogens is 318 g/mol. The molecule has 2 aromatic rings. The second-order valence-corrected chi connectivity index (χ2v) is 6.32. The van der Waals surface area contributed by atoms with Crippen molar-refractivity contribution >= 4 is 5.91 Å². The number of rotatable bonds is 4. The highest BCUT2D eigenvalue weighted by atomic mass is 16.6. The monoisotopic (exact) mass is 341 g/mol. The Morgan fingerprint density at radius 2 is 1.84 bits per heavy atom. The van der Waals surface area contributed by atoms with Crippen LogP contribution < -0.4 is 14.2 Å². The van der Waals surface area contributed by atoms with Gasteiger partial charge in [0, 0.05) is 19.2 Å². The van der Waals surface area contributed by atoms with E-state index in [9.17, 15) is 4.79 Å². The first-order chi connectivity index (χ1) is 12.0. The third kappa shape index (κ3) is 3.55. The topological polar surface area (TPSA) is 48.0 Å². The Labute approximate surface area is 148 Å². The number of carbonyl (C=O) groups is 1. The summed E-state index contributed by atoms with van der Waals surface area (Å²) in [6.45, 7) is 4.30. The lowest BCUT2D eigenvalue weighted by atomic mass is 10.1. The first-order valence-electron chi connectivity index (χ1n) is 8.30. The zero-order chi connectivity index (χ0) is 18.0. The molecule has 2 atom stereocenters. The summed E-state index contributed by atoms with van der Waals surface area (Å²) in [6, 6.07) is 13.3. The van der Waals surface area contributed by atoms with Crippen molar-refractivity contribution in [2.45, 2.75) is 32.6 Å². The molecule has 1 amide bonds. The summed E-state index contributed by atoms with van der Waals surface area (Å²) in [5.74, 6) is 1.91. The van der Waals surface area contributed by atoms with E-state index >= 15 is 0 Å². The normalized spacial score (nSPS) is 18.6. The molecule has 0 saturated heterocycles. The number of nitrogens with zero attached hydrogens (tertiary/aromatic N) is 1. The zero-order valence-corrected chi connectivity index (χ0v) is 15.0. The van der Waals surface area contributed by atoms with E-state index in [1.54, 1.807) is 19.1 Å². The van der Waals surface area contributed by atoms with Crippen LogP contribution in [0.2, 0.25) is 0 Å². The lowest BCUT2D eigenvalue weighted by molar-refractivity contribution is -0.143. The van der Waals surface area contributed by atoms with Gasteiger partial charge < -0.3 is 19.1 Å². The summed E-state index contributed by atoms with van der Waals surface area (Å²) in [7, 11) is 3.40. The molecule has 5 nitrogen and oxygen atoms in total. The molecule has 1 aliphatic heterocycles. The Bertz CT molecular complexity index is 774. The maximum absolute atomic E-state index is 12.9. The second-order valence-electron chi connectivity index (χ2n) is 6.32. The quantitative estimate of drug-likeness (QED) is 0.857. The predicted octanol–water partition coefficient (Wildman–Crippen LogP) is 3.19. The summed E-state index contributed by atoms with van der Waals surface area (Å²) < 4.78 is 17.1. The van der Waals surface area contributed by atoms with Crippen LogP contribution in [0.1, 0.15) is 18.1 Å². The van der Waals surface area contributed by atoms with Crippen molar-refractivity contribution in [2.75, 3.05) is 14.2 Å². The van der Waals surface area contributed by atoms with Gasteiger partial charge in [0.1, 0.15) is 11.9 Å². The Morgan fingerprint density at radius 1 is 1.16 bits per heavy atom. The third-order valence-corrected chi connectivity index (χ3v) is 4.31. The molecule has 0 aliphatic carbocycles. The van der Waals surface area contributed by atoms with Gasteiger partial charge in [-0.25, -0.2) is 0 Å². The second kappa shape index (κ2) is 7.05. The van der Waals surface area contributed by atoms with Crippen molar-refractivity contribution in [2.24, 2.45) is 0 Å². The zero-order valence-electron chi connectivity index (χ0n) is 15.0. The minimum Gasteiger partial charge on any atom is -0.496 e. The van der Waals surface area contributed by atoms with Crippen molar-refractivity contribution in [3.05, 3.63) is 53.6 Å². The molecule has 0 spiro atoms. The highest BCUT2D eigenvalue weighted by Gasteiger charge is 2.35. The van der Waals surface area contributed by atoms with Crippen LogP contribution in [-0.4, -0.2) is 37.2 Å². The number of methoxy groups -OCH3 is 1. The molecule has 132 valence electrons. The number of aryl methyl sites for hydroxylation is 1. The Balaban J connectivity index is 1.76. The minimum absolute atomic E-state index is 0.120. The van der Waals surface area contributed by atoms with Gasteiger partial charge in [-0.15, -0.1) is 0 Å². The Morgan fingerprint density at radius 3 is 2.52 bits per heavy atom. The van der Waals surface area contributed by atoms with E-state index in [0.29, 0.717) is 18.0 Å². The summed E-state index contributed by atoms with van der Waals surface area (Å²) in [5.41, 5.74) is 2.08. The predicted molar refractivity (Wildman–Crippen MR) is 95.2 cm³/mol. The SMILES string of the molecule is COc1ccc(C)cc1CN(C)C(=O)[C@@H]1Oc2ccccc2O[C@H]1C. The number of ether oxygens (including phenoxy) is 3. The van der Waals surface area contributed by atoms with Crippen LogP contribution in [0.5, 0.6) is 17.2 Å². The van der Waals surface area contributed by atoms with Crippen LogP contribution in [-0.2, 0) is 11.3 Å². The highest BCUT2D eigenvalue weighted by Crippen LogP contribution is 2.34. The minimum atomic E-state index is -0.671. The van der Waals surface area contributed by atoms with E-state index in [2.05, 4.69) is 0 Å². The van der Waals surface area contributed by atoms with Crippen LogP contribution >= 0.6 is 0 Å². The third-order valence-electron chi connectivity index (χ3n) is 4.31. The molecule has 25 heavy (non-hydrogen) atoms. The van der Waals surface area contributed by atoms with Gasteiger partial charge in [-0.1, -0.05) is 29.8 Å². The number of amides is 1. The average molecular weight is 341 g/mol. The van der Waals surface area contributed by atoms with E-state index in [1.807, 2.05) is 56.3 Å². The number of benzene rings is 2. The van der Waals surface area contributed by atoms with E-state index in [0.717, 1.165) is 16.9 Å². The maximum atomic E-state index is 12.9. The smallest absolute Gasteiger partial charge is 0.267 e. The number of likely N-dealkylation sites (N-methyl/N-ethyl adjacent to an activating group) is 1. The summed E-state index contributed by atoms with van der Waals surface area (Å²) in [5, 5.41) is 0. The van der Waals surface area contributed by atoms with Crippen LogP contribution in [0.4, 0.5) is 0 Å². The number of hydrogen-bond acceptors (Lipinski definition) is 4. The maximum Gasteiger partial charge on any atom is 0.267 e. The number of para-hydroxylation sites is 2. The van der Waals surface area contributed by atoms with Gasteiger partial charge in [-0.3, -0.25) is 4.79 Å². The molecule has 3 rings (SSSR count). The fourth-order valence-corrected chi connectivity index (χ4v) is 2.97. The molecule has 0 saturated carbocycles. The summed E-state index contributed by atoms with van der Waals surface area (Å²) >= 11 is 0. The molecule has 2 aromatic carbocycles. The average Bonchev–Trinajstić information content (AvgIpc) is 2.60. The van der Waals surface area contributed by atoms with Gasteiger partial charge in [-0.2, -0.15) is 0 Å². The van der Waals surface area contributed by atoms with Crippen molar-refractivity contribution in [3.8, 4) is 17.2 Å². The van der Waals surface area contributed by atoms with Crippen molar-refractivity contribution in [1.82, 2.24) is 4.90 Å². The van der Waals surface area contributed by atoms with Crippen molar-refractivity contribution in [1.29, 1.82) is 0 Å². The Hall–Kier alpha value is -2.69. The summed E-state index contributed by atoms with van der Waals surface area (Å²) in [6.07, 6.45) is -1.03. The molecule has 0 bridgehead atoms. The van der Waals surface area contributed by atoms with Crippen LogP contribution in [0.3, 0.4) is 0 Å². The molecule has 5 heteroatoms. The van der Waals surface area contributed by atoms with Gasteiger partial charge in [0.25, 0.3) is 5.91 Å². The van der Waals surface area contributed by atoms with Crippen molar-refractivity contribution < 1.29 is 19.0 Å². The van der Waals surface area contributed by atoms with Gasteiger partial charge in [0.05, 0.1) is 7.11 Å². The van der Waals surface area contributed by atoms with E-state index in [4.69, 9.17) is 14.2 Å². The van der Waals surface area contributed by atoms with Crippen LogP contribution in [0.25, 0.3) is 0 Å². The van der Waals surface area contributed by atoms with Crippen LogP contribution in [0, 0.1) is 6.92 Å². The van der Waals surface area contributed by atoms with Gasteiger partial charge >= 0.3 is 0 Å². The van der Waals surface area contributed by atoms with Gasteiger partial charge in [0.2, 0.25) is 6.10 Å². The first-order valence-corrected chi connectivity index (χ1v) is 8.30. The molecular formula is C20H23NO4. The van der Waals surface area contributed by atoms with E-state index < -0.39 is 6.10 Å². The van der Waals surface area contributed by atoms with Gasteiger partial charge in [-0.05, 0) is 32.0 Å². The molecule has 0 unspecified atom stereocenters. The highest BCUT2D eigenvalue weighted by molar-refractivity contribution is 5.82. The Kier molecular flexibility index (Phi) is 4.83. The first kappa shape index (κ1) is 17.1. The molecule has 0 fully saturated rings. The standard InChI is InChI=1S/C20H23NO4/c1-13-9-10-16(23-4)15(11-13)12-21(3)20(22)19-14(2)24-17-7-5-6-8-18(17)25-19/h5-11,14,19H,12H2,1-4H3/t14-,19+/m0/s1. The number of fused-ring (bicyclic) bond motifs is 1. The molecule has 0 radical (unpaired) electrons. The fourth-order valence-electron chi connectivity index (χ4n) is 2.97. The van der Waals surface area contributed by atoms with Gasteiger partial charge in [0.15, 0.2) is 11.5 Å². The van der Waals surface area contributed by atoms with E-state index in [-0.39, 0.29) is 12.0 Å². The molecule has 1 aliphatic rings. The lowest BCUT2D eigenvalue weighted by Crippen LogP contribution is -2.49. The largest absolute Gasteiger partial charge is 0.496 e. The molecule has 0 aromatic heterocycles.